The van der Waals surface area contributed by atoms with E-state index in [1.54, 1.807) is 40.6 Å². The summed E-state index contributed by atoms with van der Waals surface area (Å²) >= 11 is 1.47. The minimum absolute atomic E-state index is 0.0558. The van der Waals surface area contributed by atoms with Crippen molar-refractivity contribution in [3.8, 4) is 0 Å². The van der Waals surface area contributed by atoms with Crippen LogP contribution in [0.3, 0.4) is 0 Å². The monoisotopic (exact) mass is 344 g/mol. The molecule has 1 aromatic carbocycles. The number of rotatable bonds is 4. The molecule has 0 radical (unpaired) electrons. The molecular formula is C18H20N2O3S. The first-order valence-electron chi connectivity index (χ1n) is 8.01. The maximum Gasteiger partial charge on any atom is 0.256 e. The second-order valence-electron chi connectivity index (χ2n) is 5.99. The molecule has 0 spiro atoms. The second kappa shape index (κ2) is 7.59. The molecule has 1 aliphatic rings. The van der Waals surface area contributed by atoms with Crippen LogP contribution in [-0.4, -0.2) is 41.5 Å². The van der Waals surface area contributed by atoms with Crippen LogP contribution in [0.15, 0.2) is 41.1 Å². The van der Waals surface area contributed by atoms with E-state index in [-0.39, 0.29) is 24.3 Å². The topological polar surface area (TPSA) is 69.6 Å². The number of likely N-dealkylation sites (tertiary alicyclic amines) is 1. The fraction of sp³-hybridized carbons (Fsp3) is 0.333. The molecule has 0 unspecified atom stereocenters. The molecule has 126 valence electrons. The zero-order chi connectivity index (χ0) is 16.9. The van der Waals surface area contributed by atoms with E-state index in [0.717, 1.165) is 12.8 Å². The van der Waals surface area contributed by atoms with Crippen LogP contribution in [-0.2, 0) is 0 Å². The number of piperidine rings is 1. The van der Waals surface area contributed by atoms with Crippen molar-refractivity contribution < 1.29 is 14.7 Å². The van der Waals surface area contributed by atoms with E-state index in [4.69, 9.17) is 0 Å². The summed E-state index contributed by atoms with van der Waals surface area (Å²) in [6.45, 7) is 1.40. The Bertz CT molecular complexity index is 715. The lowest BCUT2D eigenvalue weighted by atomic mass is 9.98. The fourth-order valence-corrected chi connectivity index (χ4v) is 3.54. The Morgan fingerprint density at radius 2 is 2.17 bits per heavy atom. The van der Waals surface area contributed by atoms with E-state index in [1.165, 1.54) is 11.3 Å². The molecule has 2 heterocycles. The molecule has 0 bridgehead atoms. The summed E-state index contributed by atoms with van der Waals surface area (Å²) in [6, 6.07) is 8.76. The molecule has 1 aromatic heterocycles. The van der Waals surface area contributed by atoms with Crippen LogP contribution >= 0.6 is 11.3 Å². The SMILES string of the molecule is O=C(Nc1cccc(C(=O)N2CCC[C@H](CO)C2)c1)c1ccsc1. The summed E-state index contributed by atoms with van der Waals surface area (Å²) in [5.74, 6) is -0.0804. The summed E-state index contributed by atoms with van der Waals surface area (Å²) in [6.07, 6.45) is 1.86. The lowest BCUT2D eigenvalue weighted by molar-refractivity contribution is 0.0620. The normalized spacial score (nSPS) is 17.5. The van der Waals surface area contributed by atoms with Crippen molar-refractivity contribution in [1.29, 1.82) is 0 Å². The molecule has 0 aliphatic carbocycles. The molecule has 6 heteroatoms. The molecule has 24 heavy (non-hydrogen) atoms. The van der Waals surface area contributed by atoms with Gasteiger partial charge < -0.3 is 15.3 Å². The number of carbonyl (C=O) groups is 2. The van der Waals surface area contributed by atoms with Crippen molar-refractivity contribution in [2.45, 2.75) is 12.8 Å². The number of benzene rings is 1. The van der Waals surface area contributed by atoms with Crippen molar-refractivity contribution >= 4 is 28.8 Å². The summed E-state index contributed by atoms with van der Waals surface area (Å²) in [7, 11) is 0. The van der Waals surface area contributed by atoms with Gasteiger partial charge in [-0.1, -0.05) is 6.07 Å². The van der Waals surface area contributed by atoms with Crippen LogP contribution < -0.4 is 5.32 Å². The molecular weight excluding hydrogens is 324 g/mol. The van der Waals surface area contributed by atoms with Crippen LogP contribution in [0.4, 0.5) is 5.69 Å². The number of aliphatic hydroxyl groups excluding tert-OH is 1. The lowest BCUT2D eigenvalue weighted by Gasteiger charge is -2.32. The van der Waals surface area contributed by atoms with E-state index < -0.39 is 0 Å². The molecule has 2 aromatic rings. The highest BCUT2D eigenvalue weighted by atomic mass is 32.1. The van der Waals surface area contributed by atoms with Crippen molar-refractivity contribution in [2.24, 2.45) is 5.92 Å². The Balaban J connectivity index is 1.70. The molecule has 2 amide bonds. The second-order valence-corrected chi connectivity index (χ2v) is 6.77. The third-order valence-corrected chi connectivity index (χ3v) is 4.90. The number of amides is 2. The third kappa shape index (κ3) is 3.83. The minimum Gasteiger partial charge on any atom is -0.396 e. The minimum atomic E-state index is -0.181. The van der Waals surface area contributed by atoms with Gasteiger partial charge in [0, 0.05) is 36.3 Å². The van der Waals surface area contributed by atoms with E-state index in [2.05, 4.69) is 5.32 Å². The van der Waals surface area contributed by atoms with Gasteiger partial charge in [-0.2, -0.15) is 11.3 Å². The quantitative estimate of drug-likeness (QED) is 0.896. The van der Waals surface area contributed by atoms with Gasteiger partial charge in [0.1, 0.15) is 0 Å². The van der Waals surface area contributed by atoms with E-state index in [1.807, 2.05) is 5.38 Å². The first-order valence-corrected chi connectivity index (χ1v) is 8.95. The Hall–Kier alpha value is -2.18. The average Bonchev–Trinajstić information content (AvgIpc) is 3.16. The Labute approximate surface area is 144 Å². The number of nitrogens with one attached hydrogen (secondary N) is 1. The number of thiophene rings is 1. The van der Waals surface area contributed by atoms with Gasteiger partial charge in [0.2, 0.25) is 0 Å². The summed E-state index contributed by atoms with van der Waals surface area (Å²) < 4.78 is 0. The molecule has 0 saturated carbocycles. The molecule has 3 rings (SSSR count). The number of nitrogens with zero attached hydrogens (tertiary/aromatic N) is 1. The van der Waals surface area contributed by atoms with E-state index >= 15 is 0 Å². The first kappa shape index (κ1) is 16.7. The van der Waals surface area contributed by atoms with Crippen molar-refractivity contribution in [1.82, 2.24) is 4.90 Å². The Kier molecular flexibility index (Phi) is 5.27. The molecule has 1 atom stereocenters. The summed E-state index contributed by atoms with van der Waals surface area (Å²) in [5.41, 5.74) is 1.77. The molecule has 1 aliphatic heterocycles. The van der Waals surface area contributed by atoms with Crippen LogP contribution in [0.5, 0.6) is 0 Å². The van der Waals surface area contributed by atoms with Gasteiger partial charge in [-0.25, -0.2) is 0 Å². The molecule has 1 saturated heterocycles. The highest BCUT2D eigenvalue weighted by Crippen LogP contribution is 2.20. The Morgan fingerprint density at radius 1 is 1.29 bits per heavy atom. The zero-order valence-corrected chi connectivity index (χ0v) is 14.1. The number of hydrogen-bond acceptors (Lipinski definition) is 4. The van der Waals surface area contributed by atoms with Gasteiger partial charge in [0.15, 0.2) is 0 Å². The predicted molar refractivity (Wildman–Crippen MR) is 94.4 cm³/mol. The van der Waals surface area contributed by atoms with Gasteiger partial charge in [-0.15, -0.1) is 0 Å². The van der Waals surface area contributed by atoms with Gasteiger partial charge in [-0.3, -0.25) is 9.59 Å². The van der Waals surface area contributed by atoms with Crippen molar-refractivity contribution in [3.63, 3.8) is 0 Å². The van der Waals surface area contributed by atoms with Gasteiger partial charge >= 0.3 is 0 Å². The maximum atomic E-state index is 12.7. The summed E-state index contributed by atoms with van der Waals surface area (Å²) in [5, 5.41) is 15.8. The largest absolute Gasteiger partial charge is 0.396 e. The number of hydrogen-bond donors (Lipinski definition) is 2. The highest BCUT2D eigenvalue weighted by Gasteiger charge is 2.24. The van der Waals surface area contributed by atoms with Crippen LogP contribution in [0, 0.1) is 5.92 Å². The summed E-state index contributed by atoms with van der Waals surface area (Å²) in [4.78, 5) is 26.6. The number of anilines is 1. The third-order valence-electron chi connectivity index (χ3n) is 4.22. The Morgan fingerprint density at radius 3 is 2.92 bits per heavy atom. The number of aliphatic hydroxyl groups is 1. The standard InChI is InChI=1S/C18H20N2O3S/c21-11-13-3-2-7-20(10-13)18(23)14-4-1-5-16(9-14)19-17(22)15-6-8-24-12-15/h1,4-6,8-9,12-13,21H,2-3,7,10-11H2,(H,19,22)/t13-/m0/s1. The first-order chi connectivity index (χ1) is 11.7. The van der Waals surface area contributed by atoms with Crippen LogP contribution in [0.1, 0.15) is 33.6 Å². The molecule has 1 fully saturated rings. The smallest absolute Gasteiger partial charge is 0.256 e. The average molecular weight is 344 g/mol. The van der Waals surface area contributed by atoms with Gasteiger partial charge in [0.25, 0.3) is 11.8 Å². The van der Waals surface area contributed by atoms with E-state index in [9.17, 15) is 14.7 Å². The van der Waals surface area contributed by atoms with E-state index in [0.29, 0.717) is 29.9 Å². The lowest BCUT2D eigenvalue weighted by Crippen LogP contribution is -2.40. The zero-order valence-electron chi connectivity index (χ0n) is 13.3. The molecule has 2 N–H and O–H groups in total. The van der Waals surface area contributed by atoms with Gasteiger partial charge in [0.05, 0.1) is 5.56 Å². The number of carbonyl (C=O) groups excluding carboxylic acids is 2. The van der Waals surface area contributed by atoms with Gasteiger partial charge in [-0.05, 0) is 48.4 Å². The van der Waals surface area contributed by atoms with Crippen molar-refractivity contribution in [3.05, 3.63) is 52.2 Å². The van der Waals surface area contributed by atoms with Crippen LogP contribution in [0.25, 0.3) is 0 Å². The maximum absolute atomic E-state index is 12.7. The predicted octanol–water partition coefficient (Wildman–Crippen LogP) is 2.84. The van der Waals surface area contributed by atoms with Crippen molar-refractivity contribution in [2.75, 3.05) is 25.0 Å². The molecule has 5 nitrogen and oxygen atoms in total. The van der Waals surface area contributed by atoms with Crippen LogP contribution in [0.2, 0.25) is 0 Å². The fourth-order valence-electron chi connectivity index (χ4n) is 2.91. The highest BCUT2D eigenvalue weighted by molar-refractivity contribution is 7.08.